The molecule has 3 rings (SSSR count). The van der Waals surface area contributed by atoms with Gasteiger partial charge in [-0.15, -0.1) is 0 Å². The van der Waals surface area contributed by atoms with Crippen molar-refractivity contribution in [3.05, 3.63) is 34.9 Å². The number of amides is 2. The summed E-state index contributed by atoms with van der Waals surface area (Å²) in [5, 5.41) is 2.69. The summed E-state index contributed by atoms with van der Waals surface area (Å²) in [6.45, 7) is 13.6. The average Bonchev–Trinajstić information content (AvgIpc) is 2.98. The standard InChI is InChI=1S/C21H32N2O3Si/c1-21(2,3)27(4,5)26-12-11-15-7-6-8-16-13-23(14-17(15)16)18-9-10-19(24)22-20(18)25/h6-8,18H,9-14H2,1-5H3,(H,22,24,25). The fourth-order valence-corrected chi connectivity index (χ4v) is 4.68. The van der Waals surface area contributed by atoms with Crippen LogP contribution < -0.4 is 5.32 Å². The summed E-state index contributed by atoms with van der Waals surface area (Å²) in [6, 6.07) is 6.24. The van der Waals surface area contributed by atoms with Gasteiger partial charge in [0.15, 0.2) is 8.32 Å². The van der Waals surface area contributed by atoms with E-state index in [4.69, 9.17) is 4.43 Å². The highest BCUT2D eigenvalue weighted by atomic mass is 28.4. The zero-order valence-electron chi connectivity index (χ0n) is 17.2. The summed E-state index contributed by atoms with van der Waals surface area (Å²) in [6.07, 6.45) is 1.94. The molecule has 1 aromatic carbocycles. The van der Waals surface area contributed by atoms with Crippen LogP contribution in [0.2, 0.25) is 18.1 Å². The van der Waals surface area contributed by atoms with Crippen molar-refractivity contribution in [3.8, 4) is 0 Å². The first-order valence-electron chi connectivity index (χ1n) is 9.90. The average molecular weight is 389 g/mol. The maximum atomic E-state index is 12.2. The molecule has 0 spiro atoms. The van der Waals surface area contributed by atoms with Crippen LogP contribution in [0, 0.1) is 0 Å². The SMILES string of the molecule is CC(C)(C)[Si](C)(C)OCCc1cccc2c1CN(C1CCC(=O)NC1=O)C2. The van der Waals surface area contributed by atoms with Crippen LogP contribution in [0.1, 0.15) is 50.3 Å². The Balaban J connectivity index is 1.65. The molecule has 148 valence electrons. The summed E-state index contributed by atoms with van der Waals surface area (Å²) >= 11 is 0. The van der Waals surface area contributed by atoms with Gasteiger partial charge in [0.2, 0.25) is 11.8 Å². The van der Waals surface area contributed by atoms with Crippen molar-refractivity contribution in [1.82, 2.24) is 10.2 Å². The quantitative estimate of drug-likeness (QED) is 0.621. The van der Waals surface area contributed by atoms with Crippen LogP contribution in [0.4, 0.5) is 0 Å². The Kier molecular flexibility index (Phi) is 5.61. The van der Waals surface area contributed by atoms with Gasteiger partial charge in [0.25, 0.3) is 0 Å². The first-order chi connectivity index (χ1) is 12.6. The van der Waals surface area contributed by atoms with Crippen molar-refractivity contribution in [3.63, 3.8) is 0 Å². The number of carbonyl (C=O) groups excluding carboxylic acids is 2. The second-order valence-electron chi connectivity index (χ2n) is 9.29. The highest BCUT2D eigenvalue weighted by Crippen LogP contribution is 2.37. The van der Waals surface area contributed by atoms with E-state index in [0.717, 1.165) is 26.1 Å². The molecule has 1 N–H and O–H groups in total. The lowest BCUT2D eigenvalue weighted by molar-refractivity contribution is -0.137. The third kappa shape index (κ3) is 4.33. The molecule has 0 saturated carbocycles. The van der Waals surface area contributed by atoms with E-state index in [-0.39, 0.29) is 22.9 Å². The number of carbonyl (C=O) groups is 2. The largest absolute Gasteiger partial charge is 0.416 e. The fraction of sp³-hybridized carbons (Fsp3) is 0.619. The van der Waals surface area contributed by atoms with Gasteiger partial charge in [-0.3, -0.25) is 19.8 Å². The lowest BCUT2D eigenvalue weighted by Crippen LogP contribution is -2.50. The Morgan fingerprint density at radius 2 is 1.96 bits per heavy atom. The maximum absolute atomic E-state index is 12.2. The minimum atomic E-state index is -1.74. The predicted octanol–water partition coefficient (Wildman–Crippen LogP) is 3.37. The number of piperidine rings is 1. The molecular formula is C21H32N2O3Si. The molecule has 2 amide bonds. The molecular weight excluding hydrogens is 356 g/mol. The molecule has 0 radical (unpaired) electrons. The normalized spacial score (nSPS) is 21.3. The lowest BCUT2D eigenvalue weighted by atomic mass is 10.0. The van der Waals surface area contributed by atoms with Gasteiger partial charge in [-0.25, -0.2) is 0 Å². The van der Waals surface area contributed by atoms with Crippen molar-refractivity contribution in [1.29, 1.82) is 0 Å². The number of fused-ring (bicyclic) bond motifs is 1. The topological polar surface area (TPSA) is 58.6 Å². The molecule has 27 heavy (non-hydrogen) atoms. The summed E-state index contributed by atoms with van der Waals surface area (Å²) in [4.78, 5) is 25.8. The van der Waals surface area contributed by atoms with Crippen molar-refractivity contribution >= 4 is 20.1 Å². The predicted molar refractivity (Wildman–Crippen MR) is 109 cm³/mol. The van der Waals surface area contributed by atoms with Crippen LogP contribution >= 0.6 is 0 Å². The number of hydrogen-bond acceptors (Lipinski definition) is 4. The van der Waals surface area contributed by atoms with Crippen molar-refractivity contribution in [2.24, 2.45) is 0 Å². The van der Waals surface area contributed by atoms with Crippen LogP contribution in [-0.2, 0) is 33.5 Å². The van der Waals surface area contributed by atoms with Gasteiger partial charge in [0, 0.05) is 26.1 Å². The number of rotatable bonds is 5. The first kappa shape index (κ1) is 20.2. The maximum Gasteiger partial charge on any atom is 0.243 e. The lowest BCUT2D eigenvalue weighted by Gasteiger charge is -2.36. The van der Waals surface area contributed by atoms with E-state index in [0.29, 0.717) is 12.8 Å². The van der Waals surface area contributed by atoms with E-state index in [9.17, 15) is 9.59 Å². The Labute approximate surface area is 163 Å². The molecule has 1 fully saturated rings. The zero-order chi connectivity index (χ0) is 19.8. The molecule has 2 heterocycles. The van der Waals surface area contributed by atoms with Crippen LogP contribution in [0.3, 0.4) is 0 Å². The minimum Gasteiger partial charge on any atom is -0.416 e. The molecule has 0 aliphatic carbocycles. The smallest absolute Gasteiger partial charge is 0.243 e. The second-order valence-corrected chi connectivity index (χ2v) is 14.1. The molecule has 0 bridgehead atoms. The van der Waals surface area contributed by atoms with Gasteiger partial charge < -0.3 is 4.43 Å². The van der Waals surface area contributed by atoms with Gasteiger partial charge in [0.05, 0.1) is 6.04 Å². The number of hydrogen-bond donors (Lipinski definition) is 1. The van der Waals surface area contributed by atoms with Crippen LogP contribution in [0.15, 0.2) is 18.2 Å². The third-order valence-corrected chi connectivity index (χ3v) is 10.9. The molecule has 1 aromatic rings. The molecule has 0 aromatic heterocycles. The van der Waals surface area contributed by atoms with E-state index in [2.05, 4.69) is 62.3 Å². The Morgan fingerprint density at radius 3 is 2.63 bits per heavy atom. The van der Waals surface area contributed by atoms with E-state index < -0.39 is 8.32 Å². The van der Waals surface area contributed by atoms with Gasteiger partial charge in [-0.05, 0) is 47.7 Å². The molecule has 2 aliphatic rings. The Bertz CT molecular complexity index is 739. The molecule has 2 aliphatic heterocycles. The summed E-state index contributed by atoms with van der Waals surface area (Å²) < 4.78 is 6.35. The van der Waals surface area contributed by atoms with Crippen molar-refractivity contribution in [2.45, 2.75) is 77.3 Å². The van der Waals surface area contributed by atoms with E-state index >= 15 is 0 Å². The number of nitrogens with one attached hydrogen (secondary N) is 1. The van der Waals surface area contributed by atoms with Crippen molar-refractivity contribution < 1.29 is 14.0 Å². The molecule has 1 atom stereocenters. The third-order valence-electron chi connectivity index (χ3n) is 6.40. The van der Waals surface area contributed by atoms with Crippen LogP contribution in [0.25, 0.3) is 0 Å². The van der Waals surface area contributed by atoms with E-state index in [1.54, 1.807) is 0 Å². The number of imide groups is 1. The van der Waals surface area contributed by atoms with Gasteiger partial charge in [0.1, 0.15) is 0 Å². The van der Waals surface area contributed by atoms with E-state index in [1.807, 2.05) is 0 Å². The number of benzene rings is 1. The minimum absolute atomic E-state index is 0.151. The molecule has 1 unspecified atom stereocenters. The monoisotopic (exact) mass is 388 g/mol. The summed E-state index contributed by atoms with van der Waals surface area (Å²) in [7, 11) is -1.74. The number of nitrogens with zero attached hydrogens (tertiary/aromatic N) is 1. The van der Waals surface area contributed by atoms with Crippen LogP contribution in [0.5, 0.6) is 0 Å². The van der Waals surface area contributed by atoms with Gasteiger partial charge >= 0.3 is 0 Å². The van der Waals surface area contributed by atoms with E-state index in [1.165, 1.54) is 16.7 Å². The summed E-state index contributed by atoms with van der Waals surface area (Å²) in [5.74, 6) is -0.307. The second kappa shape index (κ2) is 7.49. The van der Waals surface area contributed by atoms with Crippen LogP contribution in [-0.4, -0.2) is 37.7 Å². The first-order valence-corrected chi connectivity index (χ1v) is 12.8. The Morgan fingerprint density at radius 1 is 1.22 bits per heavy atom. The zero-order valence-corrected chi connectivity index (χ0v) is 18.2. The summed E-state index contributed by atoms with van der Waals surface area (Å²) in [5.41, 5.74) is 3.95. The molecule has 6 heteroatoms. The molecule has 1 saturated heterocycles. The highest BCUT2D eigenvalue weighted by molar-refractivity contribution is 6.74. The van der Waals surface area contributed by atoms with Gasteiger partial charge in [-0.1, -0.05) is 39.0 Å². The van der Waals surface area contributed by atoms with Crippen molar-refractivity contribution in [2.75, 3.05) is 6.61 Å². The molecule has 5 nitrogen and oxygen atoms in total. The Hall–Kier alpha value is -1.50. The highest BCUT2D eigenvalue weighted by Gasteiger charge is 2.37. The fourth-order valence-electron chi connectivity index (χ4n) is 3.63. The van der Waals surface area contributed by atoms with Gasteiger partial charge in [-0.2, -0.15) is 0 Å².